The Balaban J connectivity index is 1.88. The lowest BCUT2D eigenvalue weighted by atomic mass is 9.75. The van der Waals surface area contributed by atoms with E-state index in [1.54, 1.807) is 0 Å². The second-order valence-electron chi connectivity index (χ2n) is 7.54. The highest BCUT2D eigenvalue weighted by atomic mass is 16.5. The summed E-state index contributed by atoms with van der Waals surface area (Å²) in [5.41, 5.74) is 6.47. The van der Waals surface area contributed by atoms with Crippen LogP contribution in [0.25, 0.3) is 0 Å². The van der Waals surface area contributed by atoms with Crippen LogP contribution in [0.3, 0.4) is 0 Å². The van der Waals surface area contributed by atoms with Gasteiger partial charge in [0.05, 0.1) is 12.2 Å². The highest BCUT2D eigenvalue weighted by Crippen LogP contribution is 2.35. The molecule has 2 saturated heterocycles. The minimum Gasteiger partial charge on any atom is -0.374 e. The van der Waals surface area contributed by atoms with Crippen LogP contribution < -0.4 is 5.73 Å². The fourth-order valence-corrected chi connectivity index (χ4v) is 3.75. The summed E-state index contributed by atoms with van der Waals surface area (Å²) >= 11 is 0. The molecule has 3 atom stereocenters. The van der Waals surface area contributed by atoms with Crippen molar-refractivity contribution >= 4 is 0 Å². The first-order valence-corrected chi connectivity index (χ1v) is 8.01. The zero-order valence-corrected chi connectivity index (χ0v) is 13.2. The molecule has 0 bridgehead atoms. The van der Waals surface area contributed by atoms with Crippen LogP contribution in [-0.4, -0.2) is 42.8 Å². The summed E-state index contributed by atoms with van der Waals surface area (Å²) in [4.78, 5) is 2.59. The van der Waals surface area contributed by atoms with E-state index in [9.17, 15) is 0 Å². The zero-order valence-electron chi connectivity index (χ0n) is 13.2. The van der Waals surface area contributed by atoms with Crippen molar-refractivity contribution in [2.75, 3.05) is 19.6 Å². The van der Waals surface area contributed by atoms with Gasteiger partial charge in [0.2, 0.25) is 0 Å². The molecule has 0 aromatic rings. The number of nitrogens with two attached hydrogens (primary N) is 1. The quantitative estimate of drug-likeness (QED) is 0.855. The zero-order chi connectivity index (χ0) is 14.0. The van der Waals surface area contributed by atoms with Crippen molar-refractivity contribution in [3.8, 4) is 0 Å². The predicted molar refractivity (Wildman–Crippen MR) is 80.2 cm³/mol. The smallest absolute Gasteiger partial charge is 0.0747 e. The number of ether oxygens (including phenoxy) is 1. The second kappa shape index (κ2) is 6.11. The van der Waals surface area contributed by atoms with Crippen molar-refractivity contribution in [1.82, 2.24) is 4.90 Å². The molecule has 3 unspecified atom stereocenters. The summed E-state index contributed by atoms with van der Waals surface area (Å²) in [6, 6.07) is 0.436. The van der Waals surface area contributed by atoms with E-state index in [4.69, 9.17) is 10.5 Å². The summed E-state index contributed by atoms with van der Waals surface area (Å²) in [5, 5.41) is 0. The molecule has 2 aliphatic rings. The Morgan fingerprint density at radius 3 is 2.21 bits per heavy atom. The second-order valence-corrected chi connectivity index (χ2v) is 7.54. The topological polar surface area (TPSA) is 38.5 Å². The van der Waals surface area contributed by atoms with Gasteiger partial charge in [0.1, 0.15) is 0 Å². The molecule has 112 valence electrons. The van der Waals surface area contributed by atoms with Crippen molar-refractivity contribution in [1.29, 1.82) is 0 Å². The average Bonchev–Trinajstić information content (AvgIpc) is 2.76. The largest absolute Gasteiger partial charge is 0.374 e. The van der Waals surface area contributed by atoms with Crippen LogP contribution in [0.4, 0.5) is 0 Å². The van der Waals surface area contributed by atoms with Gasteiger partial charge in [-0.25, -0.2) is 0 Å². The maximum absolute atomic E-state index is 6.04. The molecule has 0 aromatic heterocycles. The maximum Gasteiger partial charge on any atom is 0.0747 e. The molecular weight excluding hydrogens is 236 g/mol. The van der Waals surface area contributed by atoms with E-state index in [1.165, 1.54) is 38.8 Å². The molecule has 2 N–H and O–H groups in total. The summed E-state index contributed by atoms with van der Waals surface area (Å²) in [6.45, 7) is 12.4. The predicted octanol–water partition coefficient (Wildman–Crippen LogP) is 2.64. The van der Waals surface area contributed by atoms with Crippen molar-refractivity contribution < 1.29 is 4.74 Å². The van der Waals surface area contributed by atoms with Gasteiger partial charge in [-0.15, -0.1) is 0 Å². The van der Waals surface area contributed by atoms with Gasteiger partial charge in [0, 0.05) is 12.6 Å². The lowest BCUT2D eigenvalue weighted by Crippen LogP contribution is -2.52. The van der Waals surface area contributed by atoms with Crippen molar-refractivity contribution in [2.45, 2.75) is 71.6 Å². The van der Waals surface area contributed by atoms with E-state index in [0.29, 0.717) is 23.7 Å². The van der Waals surface area contributed by atoms with Crippen molar-refractivity contribution in [3.63, 3.8) is 0 Å². The molecule has 2 fully saturated rings. The molecule has 2 rings (SSSR count). The van der Waals surface area contributed by atoms with Crippen LogP contribution in [0.15, 0.2) is 0 Å². The third kappa shape index (κ3) is 3.71. The van der Waals surface area contributed by atoms with E-state index in [0.717, 1.165) is 12.5 Å². The molecule has 0 saturated carbocycles. The van der Waals surface area contributed by atoms with Gasteiger partial charge in [-0.05, 0) is 57.0 Å². The number of hydrogen-bond acceptors (Lipinski definition) is 3. The molecule has 3 heteroatoms. The van der Waals surface area contributed by atoms with Gasteiger partial charge in [-0.2, -0.15) is 0 Å². The third-order valence-electron chi connectivity index (χ3n) is 5.16. The molecule has 0 aromatic carbocycles. The van der Waals surface area contributed by atoms with Crippen LogP contribution in [-0.2, 0) is 4.74 Å². The fraction of sp³-hybridized carbons (Fsp3) is 1.00. The van der Waals surface area contributed by atoms with Crippen LogP contribution in [0.2, 0.25) is 0 Å². The first-order valence-electron chi connectivity index (χ1n) is 8.01. The highest BCUT2D eigenvalue weighted by Gasteiger charge is 2.36. The van der Waals surface area contributed by atoms with Gasteiger partial charge in [0.15, 0.2) is 0 Å². The first-order chi connectivity index (χ1) is 8.91. The summed E-state index contributed by atoms with van der Waals surface area (Å²) < 4.78 is 6.04. The molecule has 2 aliphatic heterocycles. The van der Waals surface area contributed by atoms with Crippen LogP contribution in [0.1, 0.15) is 53.4 Å². The minimum atomic E-state index is 0.367. The van der Waals surface area contributed by atoms with Crippen molar-refractivity contribution in [3.05, 3.63) is 0 Å². The molecule has 0 amide bonds. The monoisotopic (exact) mass is 268 g/mol. The Morgan fingerprint density at radius 1 is 1.16 bits per heavy atom. The number of hydrogen-bond donors (Lipinski definition) is 1. The lowest BCUT2D eigenvalue weighted by Gasteiger charge is -2.43. The van der Waals surface area contributed by atoms with Crippen LogP contribution in [0.5, 0.6) is 0 Å². The Kier molecular flexibility index (Phi) is 4.91. The Morgan fingerprint density at radius 2 is 1.79 bits per heavy atom. The van der Waals surface area contributed by atoms with E-state index in [-0.39, 0.29) is 0 Å². The minimum absolute atomic E-state index is 0.367. The fourth-order valence-electron chi connectivity index (χ4n) is 3.75. The number of nitrogens with zero attached hydrogens (tertiary/aromatic N) is 1. The molecule has 0 spiro atoms. The Labute approximate surface area is 118 Å². The van der Waals surface area contributed by atoms with Crippen LogP contribution >= 0.6 is 0 Å². The molecule has 0 radical (unpaired) electrons. The van der Waals surface area contributed by atoms with E-state index in [2.05, 4.69) is 32.6 Å². The highest BCUT2D eigenvalue weighted by molar-refractivity contribution is 4.89. The molecule has 0 aliphatic carbocycles. The van der Waals surface area contributed by atoms with Gasteiger partial charge < -0.3 is 10.5 Å². The van der Waals surface area contributed by atoms with Gasteiger partial charge >= 0.3 is 0 Å². The number of rotatable bonds is 3. The standard InChI is InChI=1S/C16H32N2O/c1-12-5-6-15(19-12)14(11-17)18-9-7-13(8-10-18)16(2,3)4/h12-15H,5-11,17H2,1-4H3. The SMILES string of the molecule is CC1CCC(C(CN)N2CCC(C(C)(C)C)CC2)O1. The summed E-state index contributed by atoms with van der Waals surface area (Å²) in [7, 11) is 0. The van der Waals surface area contributed by atoms with Crippen LogP contribution in [0, 0.1) is 11.3 Å². The number of likely N-dealkylation sites (tertiary alicyclic amines) is 1. The molecule has 19 heavy (non-hydrogen) atoms. The number of piperidine rings is 1. The molecule has 2 heterocycles. The molecular formula is C16H32N2O. The Bertz CT molecular complexity index is 279. The molecule has 3 nitrogen and oxygen atoms in total. The van der Waals surface area contributed by atoms with E-state index >= 15 is 0 Å². The summed E-state index contributed by atoms with van der Waals surface area (Å²) in [6.07, 6.45) is 5.78. The van der Waals surface area contributed by atoms with Gasteiger partial charge in [-0.1, -0.05) is 20.8 Å². The Hall–Kier alpha value is -0.120. The average molecular weight is 268 g/mol. The summed E-state index contributed by atoms with van der Waals surface area (Å²) in [5.74, 6) is 0.852. The third-order valence-corrected chi connectivity index (χ3v) is 5.16. The maximum atomic E-state index is 6.04. The van der Waals surface area contributed by atoms with Crippen molar-refractivity contribution in [2.24, 2.45) is 17.1 Å². The first kappa shape index (κ1) is 15.3. The van der Waals surface area contributed by atoms with Gasteiger partial charge in [0.25, 0.3) is 0 Å². The van der Waals surface area contributed by atoms with E-state index in [1.807, 2.05) is 0 Å². The lowest BCUT2D eigenvalue weighted by molar-refractivity contribution is -0.0198. The normalized spacial score (nSPS) is 32.7. The van der Waals surface area contributed by atoms with E-state index < -0.39 is 0 Å². The van der Waals surface area contributed by atoms with Gasteiger partial charge in [-0.3, -0.25) is 4.90 Å².